The third-order valence-electron chi connectivity index (χ3n) is 1.12. The van der Waals surface area contributed by atoms with Gasteiger partial charge in [0.1, 0.15) is 5.75 Å². The van der Waals surface area contributed by atoms with Crippen molar-refractivity contribution in [3.8, 4) is 5.75 Å². The topological polar surface area (TPSA) is 35.2 Å². The molecule has 1 rings (SSSR count). The minimum absolute atomic E-state index is 0.760. The lowest BCUT2D eigenvalue weighted by atomic mass is 10.3. The van der Waals surface area contributed by atoms with E-state index in [0.29, 0.717) is 0 Å². The average molecular weight is 181 g/mol. The summed E-state index contributed by atoms with van der Waals surface area (Å²) in [6.07, 6.45) is 0. The van der Waals surface area contributed by atoms with Gasteiger partial charge in [-0.05, 0) is 30.2 Å². The standard InChI is InChI=1S/C7H9NO.C4H10/c1-9-7-4-2-6(8)3-5-7;1-4(2)3/h2-5H,8H2,1H3;4H,1-3H3. The number of hydrogen-bond donors (Lipinski definition) is 1. The van der Waals surface area contributed by atoms with Crippen LogP contribution < -0.4 is 10.5 Å². The third kappa shape index (κ3) is 7.19. The van der Waals surface area contributed by atoms with Crippen molar-refractivity contribution in [2.45, 2.75) is 20.8 Å². The molecule has 2 N–H and O–H groups in total. The first kappa shape index (κ1) is 11.8. The van der Waals surface area contributed by atoms with E-state index in [9.17, 15) is 0 Å². The normalized spacial score (nSPS) is 9.00. The molecule has 0 spiro atoms. The molecule has 0 heterocycles. The molecule has 0 amide bonds. The van der Waals surface area contributed by atoms with Crippen LogP contribution in [0.25, 0.3) is 0 Å². The van der Waals surface area contributed by atoms with Gasteiger partial charge in [0.15, 0.2) is 0 Å². The van der Waals surface area contributed by atoms with Crippen molar-refractivity contribution in [3.63, 3.8) is 0 Å². The summed E-state index contributed by atoms with van der Waals surface area (Å²) in [5.41, 5.74) is 6.19. The molecule has 0 aromatic heterocycles. The number of ether oxygens (including phenoxy) is 1. The average Bonchev–Trinajstić information content (AvgIpc) is 2.05. The Balaban J connectivity index is 0.000000310. The van der Waals surface area contributed by atoms with Crippen LogP contribution in [0.2, 0.25) is 0 Å². The highest BCUT2D eigenvalue weighted by Crippen LogP contribution is 2.11. The highest BCUT2D eigenvalue weighted by Gasteiger charge is 1.86. The van der Waals surface area contributed by atoms with Gasteiger partial charge in [0.2, 0.25) is 0 Å². The summed E-state index contributed by atoms with van der Waals surface area (Å²) >= 11 is 0. The third-order valence-corrected chi connectivity index (χ3v) is 1.12. The molecule has 0 radical (unpaired) electrons. The number of rotatable bonds is 1. The van der Waals surface area contributed by atoms with E-state index in [0.717, 1.165) is 17.4 Å². The molecule has 0 bridgehead atoms. The van der Waals surface area contributed by atoms with Crippen molar-refractivity contribution >= 4 is 5.69 Å². The summed E-state index contributed by atoms with van der Waals surface area (Å²) in [6, 6.07) is 7.27. The van der Waals surface area contributed by atoms with Gasteiger partial charge in [-0.25, -0.2) is 0 Å². The Bertz CT molecular complexity index is 213. The molecule has 0 aliphatic rings. The maximum atomic E-state index is 5.43. The van der Waals surface area contributed by atoms with E-state index in [-0.39, 0.29) is 0 Å². The van der Waals surface area contributed by atoms with Gasteiger partial charge in [-0.2, -0.15) is 0 Å². The summed E-state index contributed by atoms with van der Waals surface area (Å²) in [5.74, 6) is 1.67. The lowest BCUT2D eigenvalue weighted by Crippen LogP contribution is -1.84. The number of nitrogens with two attached hydrogens (primary N) is 1. The summed E-state index contributed by atoms with van der Waals surface area (Å²) in [7, 11) is 1.63. The molecule has 74 valence electrons. The van der Waals surface area contributed by atoms with Crippen LogP contribution in [0.1, 0.15) is 20.8 Å². The molecule has 13 heavy (non-hydrogen) atoms. The van der Waals surface area contributed by atoms with Crippen molar-refractivity contribution in [2.24, 2.45) is 5.92 Å². The second kappa shape index (κ2) is 6.35. The van der Waals surface area contributed by atoms with Crippen molar-refractivity contribution < 1.29 is 4.74 Å². The largest absolute Gasteiger partial charge is 0.497 e. The first-order valence-corrected chi connectivity index (χ1v) is 4.45. The maximum Gasteiger partial charge on any atom is 0.119 e. The SMILES string of the molecule is CC(C)C.COc1ccc(N)cc1. The zero-order chi connectivity index (χ0) is 10.3. The fourth-order valence-electron chi connectivity index (χ4n) is 0.604. The van der Waals surface area contributed by atoms with Crippen molar-refractivity contribution in [2.75, 3.05) is 12.8 Å². The molecule has 1 aromatic carbocycles. The number of methoxy groups -OCH3 is 1. The van der Waals surface area contributed by atoms with Crippen LogP contribution in [-0.4, -0.2) is 7.11 Å². The zero-order valence-electron chi connectivity index (χ0n) is 8.87. The van der Waals surface area contributed by atoms with Crippen LogP contribution >= 0.6 is 0 Å². The quantitative estimate of drug-likeness (QED) is 0.676. The van der Waals surface area contributed by atoms with Crippen LogP contribution in [0.5, 0.6) is 5.75 Å². The Morgan fingerprint density at radius 2 is 1.46 bits per heavy atom. The van der Waals surface area contributed by atoms with Crippen LogP contribution in [0, 0.1) is 5.92 Å². The van der Waals surface area contributed by atoms with E-state index < -0.39 is 0 Å². The first-order valence-electron chi connectivity index (χ1n) is 4.45. The van der Waals surface area contributed by atoms with E-state index in [2.05, 4.69) is 20.8 Å². The number of hydrogen-bond acceptors (Lipinski definition) is 2. The number of nitrogen functional groups attached to an aromatic ring is 1. The van der Waals surface area contributed by atoms with Crippen LogP contribution in [-0.2, 0) is 0 Å². The predicted molar refractivity (Wildman–Crippen MR) is 57.9 cm³/mol. The molecule has 0 unspecified atom stereocenters. The molecule has 0 fully saturated rings. The molecule has 0 aliphatic carbocycles. The molecular weight excluding hydrogens is 162 g/mol. The molecule has 2 nitrogen and oxygen atoms in total. The lowest BCUT2D eigenvalue weighted by molar-refractivity contribution is 0.415. The second-order valence-corrected chi connectivity index (χ2v) is 3.51. The van der Waals surface area contributed by atoms with E-state index in [1.54, 1.807) is 19.2 Å². The van der Waals surface area contributed by atoms with E-state index in [4.69, 9.17) is 10.5 Å². The number of benzene rings is 1. The lowest BCUT2D eigenvalue weighted by Gasteiger charge is -1.97. The van der Waals surface area contributed by atoms with Gasteiger partial charge in [0.25, 0.3) is 0 Å². The Morgan fingerprint density at radius 1 is 1.08 bits per heavy atom. The molecular formula is C11H19NO. The Morgan fingerprint density at radius 3 is 1.77 bits per heavy atom. The summed E-state index contributed by atoms with van der Waals surface area (Å²) in [5, 5.41) is 0. The fourth-order valence-corrected chi connectivity index (χ4v) is 0.604. The molecule has 0 atom stereocenters. The van der Waals surface area contributed by atoms with Gasteiger partial charge < -0.3 is 10.5 Å². The first-order chi connectivity index (χ1) is 6.06. The number of anilines is 1. The van der Waals surface area contributed by atoms with E-state index in [1.165, 1.54) is 0 Å². The van der Waals surface area contributed by atoms with Crippen molar-refractivity contribution in [1.82, 2.24) is 0 Å². The Kier molecular flexibility index (Phi) is 5.77. The van der Waals surface area contributed by atoms with Crippen molar-refractivity contribution in [3.05, 3.63) is 24.3 Å². The van der Waals surface area contributed by atoms with Gasteiger partial charge in [-0.3, -0.25) is 0 Å². The smallest absolute Gasteiger partial charge is 0.119 e. The van der Waals surface area contributed by atoms with Crippen LogP contribution in [0.3, 0.4) is 0 Å². The maximum absolute atomic E-state index is 5.43. The minimum atomic E-state index is 0.760. The summed E-state index contributed by atoms with van der Waals surface area (Å²) in [6.45, 7) is 6.50. The summed E-state index contributed by atoms with van der Waals surface area (Å²) < 4.78 is 4.91. The highest BCUT2D eigenvalue weighted by molar-refractivity contribution is 5.41. The molecule has 1 aromatic rings. The van der Waals surface area contributed by atoms with Crippen molar-refractivity contribution in [1.29, 1.82) is 0 Å². The molecule has 0 saturated carbocycles. The molecule has 0 aliphatic heterocycles. The Hall–Kier alpha value is -1.18. The summed E-state index contributed by atoms with van der Waals surface area (Å²) in [4.78, 5) is 0. The Labute approximate surface area is 80.7 Å². The monoisotopic (exact) mass is 181 g/mol. The zero-order valence-corrected chi connectivity index (χ0v) is 8.87. The van der Waals surface area contributed by atoms with Gasteiger partial charge >= 0.3 is 0 Å². The van der Waals surface area contributed by atoms with Gasteiger partial charge in [-0.15, -0.1) is 0 Å². The van der Waals surface area contributed by atoms with Gasteiger partial charge in [0, 0.05) is 5.69 Å². The van der Waals surface area contributed by atoms with E-state index in [1.807, 2.05) is 12.1 Å². The highest BCUT2D eigenvalue weighted by atomic mass is 16.5. The predicted octanol–water partition coefficient (Wildman–Crippen LogP) is 2.94. The second-order valence-electron chi connectivity index (χ2n) is 3.51. The van der Waals surface area contributed by atoms with Crippen LogP contribution in [0.4, 0.5) is 5.69 Å². The molecule has 0 saturated heterocycles. The molecule has 2 heteroatoms. The van der Waals surface area contributed by atoms with Gasteiger partial charge in [0.05, 0.1) is 7.11 Å². The van der Waals surface area contributed by atoms with Crippen LogP contribution in [0.15, 0.2) is 24.3 Å². The fraction of sp³-hybridized carbons (Fsp3) is 0.455. The van der Waals surface area contributed by atoms with Gasteiger partial charge in [-0.1, -0.05) is 20.8 Å². The van der Waals surface area contributed by atoms with E-state index >= 15 is 0 Å². The minimum Gasteiger partial charge on any atom is -0.497 e.